The largest absolute Gasteiger partial charge is 0.224 e. The molecule has 2 nitrogen and oxygen atoms in total. The molecule has 0 N–H and O–H groups in total. The third kappa shape index (κ3) is 5.14. The van der Waals surface area contributed by atoms with Gasteiger partial charge >= 0.3 is 0 Å². The topological polar surface area (TPSA) is 34.1 Å². The van der Waals surface area contributed by atoms with Gasteiger partial charge in [-0.2, -0.15) is 0 Å². The molecule has 0 heterocycles. The monoisotopic (exact) mass is 386 g/mol. The van der Waals surface area contributed by atoms with Gasteiger partial charge in [0.2, 0.25) is 0 Å². The number of aryl methyl sites for hydroxylation is 1. The molecule has 0 saturated carbocycles. The lowest BCUT2D eigenvalue weighted by molar-refractivity contribution is 0.602. The third-order valence-electron chi connectivity index (χ3n) is 3.55. The maximum absolute atomic E-state index is 11.5. The van der Waals surface area contributed by atoms with Gasteiger partial charge in [0, 0.05) is 25.8 Å². The summed E-state index contributed by atoms with van der Waals surface area (Å²) >= 11 is 3.36. The summed E-state index contributed by atoms with van der Waals surface area (Å²) in [7, 11) is -3.15. The van der Waals surface area contributed by atoms with Crippen LogP contribution >= 0.6 is 23.5 Å². The zero-order valence-electron chi connectivity index (χ0n) is 14.0. The molecular formula is C20H18O2S3. The van der Waals surface area contributed by atoms with E-state index in [0.717, 1.165) is 9.79 Å². The van der Waals surface area contributed by atoms with Crippen LogP contribution in [-0.4, -0.2) is 14.7 Å². The standard InChI is InChI=1S/C20H18O2S3/c1-15-6-8-16(9-7-15)23-18-4-3-5-19(14-18)24-17-10-12-20(13-11-17)25(2,21)22/h3-14H,1-2H3. The van der Waals surface area contributed by atoms with E-state index in [4.69, 9.17) is 0 Å². The Kier molecular flexibility index (Phi) is 5.57. The van der Waals surface area contributed by atoms with Gasteiger partial charge in [0.1, 0.15) is 0 Å². The maximum atomic E-state index is 11.5. The first kappa shape index (κ1) is 18.1. The predicted octanol–water partition coefficient (Wildman–Crippen LogP) is 5.70. The molecular weight excluding hydrogens is 368 g/mol. The van der Waals surface area contributed by atoms with Crippen LogP contribution < -0.4 is 0 Å². The Morgan fingerprint density at radius 1 is 0.680 bits per heavy atom. The molecule has 0 atom stereocenters. The van der Waals surface area contributed by atoms with Crippen LogP contribution in [-0.2, 0) is 9.84 Å². The Labute approximate surface area is 157 Å². The second kappa shape index (κ2) is 7.68. The van der Waals surface area contributed by atoms with Crippen LogP contribution in [0.4, 0.5) is 0 Å². The second-order valence-electron chi connectivity index (χ2n) is 5.74. The first-order valence-electron chi connectivity index (χ1n) is 7.73. The maximum Gasteiger partial charge on any atom is 0.175 e. The first-order chi connectivity index (χ1) is 11.9. The fraction of sp³-hybridized carbons (Fsp3) is 0.100. The molecule has 25 heavy (non-hydrogen) atoms. The smallest absolute Gasteiger partial charge is 0.175 e. The first-order valence-corrected chi connectivity index (χ1v) is 11.3. The van der Waals surface area contributed by atoms with Crippen LogP contribution in [0.3, 0.4) is 0 Å². The van der Waals surface area contributed by atoms with Gasteiger partial charge in [-0.1, -0.05) is 47.3 Å². The number of hydrogen-bond acceptors (Lipinski definition) is 4. The molecule has 0 amide bonds. The van der Waals surface area contributed by atoms with Crippen molar-refractivity contribution in [3.05, 3.63) is 78.4 Å². The van der Waals surface area contributed by atoms with Gasteiger partial charge in [-0.3, -0.25) is 0 Å². The highest BCUT2D eigenvalue weighted by Gasteiger charge is 2.07. The van der Waals surface area contributed by atoms with E-state index in [1.54, 1.807) is 35.7 Å². The highest BCUT2D eigenvalue weighted by molar-refractivity contribution is 8.00. The molecule has 128 valence electrons. The van der Waals surface area contributed by atoms with Crippen LogP contribution in [0, 0.1) is 6.92 Å². The van der Waals surface area contributed by atoms with Crippen LogP contribution in [0.25, 0.3) is 0 Å². The molecule has 3 aromatic carbocycles. The Balaban J connectivity index is 1.74. The normalized spacial score (nSPS) is 11.4. The average molecular weight is 387 g/mol. The summed E-state index contributed by atoms with van der Waals surface area (Å²) in [6.07, 6.45) is 1.22. The second-order valence-corrected chi connectivity index (χ2v) is 10.0. The summed E-state index contributed by atoms with van der Waals surface area (Å²) in [4.78, 5) is 4.89. The van der Waals surface area contributed by atoms with E-state index < -0.39 is 9.84 Å². The fourth-order valence-electron chi connectivity index (χ4n) is 2.23. The lowest BCUT2D eigenvalue weighted by Crippen LogP contribution is -1.95. The van der Waals surface area contributed by atoms with Crippen molar-refractivity contribution < 1.29 is 8.42 Å². The Morgan fingerprint density at radius 2 is 1.16 bits per heavy atom. The van der Waals surface area contributed by atoms with Gasteiger partial charge in [0.25, 0.3) is 0 Å². The van der Waals surface area contributed by atoms with Crippen molar-refractivity contribution in [1.29, 1.82) is 0 Å². The van der Waals surface area contributed by atoms with Crippen LogP contribution in [0.5, 0.6) is 0 Å². The molecule has 0 aliphatic heterocycles. The van der Waals surface area contributed by atoms with Gasteiger partial charge in [0.15, 0.2) is 9.84 Å². The SMILES string of the molecule is Cc1ccc(Sc2cccc(Sc3ccc(S(C)(=O)=O)cc3)c2)cc1. The van der Waals surface area contributed by atoms with E-state index in [1.807, 2.05) is 18.2 Å². The Bertz CT molecular complexity index is 961. The summed E-state index contributed by atoms with van der Waals surface area (Å²) in [6.45, 7) is 2.08. The highest BCUT2D eigenvalue weighted by Crippen LogP contribution is 2.34. The fourth-order valence-corrected chi connectivity index (χ4v) is 4.69. The Hall–Kier alpha value is -1.69. The lowest BCUT2D eigenvalue weighted by Gasteiger charge is -2.06. The van der Waals surface area contributed by atoms with Crippen molar-refractivity contribution >= 4 is 33.4 Å². The molecule has 0 radical (unpaired) electrons. The minimum atomic E-state index is -3.15. The molecule has 0 aliphatic carbocycles. The highest BCUT2D eigenvalue weighted by atomic mass is 32.2. The molecule has 0 aliphatic rings. The molecule has 5 heteroatoms. The van der Waals surface area contributed by atoms with Crippen molar-refractivity contribution in [3.8, 4) is 0 Å². The molecule has 0 bridgehead atoms. The van der Waals surface area contributed by atoms with E-state index >= 15 is 0 Å². The van der Waals surface area contributed by atoms with Gasteiger partial charge in [-0.25, -0.2) is 8.42 Å². The number of benzene rings is 3. The van der Waals surface area contributed by atoms with Crippen molar-refractivity contribution in [1.82, 2.24) is 0 Å². The number of rotatable bonds is 5. The average Bonchev–Trinajstić information content (AvgIpc) is 2.57. The predicted molar refractivity (Wildman–Crippen MR) is 105 cm³/mol. The van der Waals surface area contributed by atoms with Crippen LogP contribution in [0.1, 0.15) is 5.56 Å². The summed E-state index contributed by atoms with van der Waals surface area (Å²) in [5.74, 6) is 0. The molecule has 0 unspecified atom stereocenters. The minimum Gasteiger partial charge on any atom is -0.224 e. The summed E-state index contributed by atoms with van der Waals surface area (Å²) in [5, 5.41) is 0. The van der Waals surface area contributed by atoms with E-state index in [9.17, 15) is 8.42 Å². The lowest BCUT2D eigenvalue weighted by atomic mass is 10.2. The van der Waals surface area contributed by atoms with E-state index in [2.05, 4.69) is 49.4 Å². The molecule has 3 rings (SSSR count). The van der Waals surface area contributed by atoms with E-state index in [1.165, 1.54) is 21.6 Å². The summed E-state index contributed by atoms with van der Waals surface area (Å²) in [5.41, 5.74) is 1.26. The number of hydrogen-bond donors (Lipinski definition) is 0. The van der Waals surface area contributed by atoms with Crippen LogP contribution in [0.15, 0.2) is 97.3 Å². The third-order valence-corrected chi connectivity index (χ3v) is 6.67. The van der Waals surface area contributed by atoms with Gasteiger partial charge in [-0.15, -0.1) is 0 Å². The van der Waals surface area contributed by atoms with Crippen molar-refractivity contribution in [2.75, 3.05) is 6.26 Å². The van der Waals surface area contributed by atoms with E-state index in [-0.39, 0.29) is 0 Å². The van der Waals surface area contributed by atoms with Crippen molar-refractivity contribution in [3.63, 3.8) is 0 Å². The molecule has 0 fully saturated rings. The zero-order chi connectivity index (χ0) is 17.9. The van der Waals surface area contributed by atoms with Crippen LogP contribution in [0.2, 0.25) is 0 Å². The van der Waals surface area contributed by atoms with E-state index in [0.29, 0.717) is 4.90 Å². The zero-order valence-corrected chi connectivity index (χ0v) is 16.4. The van der Waals surface area contributed by atoms with Crippen molar-refractivity contribution in [2.24, 2.45) is 0 Å². The quantitative estimate of drug-likeness (QED) is 0.563. The molecule has 0 spiro atoms. The van der Waals surface area contributed by atoms with Crippen molar-refractivity contribution in [2.45, 2.75) is 31.4 Å². The Morgan fingerprint density at radius 3 is 1.64 bits per heavy atom. The summed E-state index contributed by atoms with van der Waals surface area (Å²) in [6, 6.07) is 23.9. The molecule has 0 aromatic heterocycles. The molecule has 0 saturated heterocycles. The van der Waals surface area contributed by atoms with Gasteiger partial charge in [0.05, 0.1) is 4.90 Å². The number of sulfone groups is 1. The molecule has 3 aromatic rings. The van der Waals surface area contributed by atoms with Gasteiger partial charge in [-0.05, 0) is 61.5 Å². The summed E-state index contributed by atoms with van der Waals surface area (Å²) < 4.78 is 23.1. The minimum absolute atomic E-state index is 0.348. The van der Waals surface area contributed by atoms with Gasteiger partial charge < -0.3 is 0 Å².